The Morgan fingerprint density at radius 2 is 1.69 bits per heavy atom. The van der Waals surface area contributed by atoms with Gasteiger partial charge in [-0.25, -0.2) is 0 Å². The number of carbonyl (C=O) groups is 2. The predicted octanol–water partition coefficient (Wildman–Crippen LogP) is 4.93. The predicted molar refractivity (Wildman–Crippen MR) is 125 cm³/mol. The van der Waals surface area contributed by atoms with Gasteiger partial charge in [0.15, 0.2) is 0 Å². The zero-order valence-electron chi connectivity index (χ0n) is 17.3. The van der Waals surface area contributed by atoms with Crippen LogP contribution in [0.25, 0.3) is 0 Å². The molecule has 0 heterocycles. The van der Waals surface area contributed by atoms with Gasteiger partial charge in [0.2, 0.25) is 11.8 Å². The highest BCUT2D eigenvalue weighted by Gasteiger charge is 2.25. The minimum atomic E-state index is -0.516. The molecule has 0 aliphatic heterocycles. The van der Waals surface area contributed by atoms with Gasteiger partial charge in [-0.3, -0.25) is 9.59 Å². The molecule has 1 atom stereocenters. The van der Waals surface area contributed by atoms with Gasteiger partial charge >= 0.3 is 0 Å². The highest BCUT2D eigenvalue weighted by molar-refractivity contribution is 9.10. The van der Waals surface area contributed by atoms with E-state index < -0.39 is 6.04 Å². The zero-order chi connectivity index (χ0) is 21.2. The van der Waals surface area contributed by atoms with Crippen molar-refractivity contribution in [2.75, 3.05) is 12.3 Å². The quantitative estimate of drug-likeness (QED) is 0.528. The van der Waals surface area contributed by atoms with Crippen LogP contribution < -0.4 is 5.32 Å². The van der Waals surface area contributed by atoms with Crippen LogP contribution in [0.15, 0.2) is 53.0 Å². The van der Waals surface area contributed by atoms with Gasteiger partial charge in [-0.2, -0.15) is 0 Å². The molecule has 0 radical (unpaired) electrons. The van der Waals surface area contributed by atoms with Crippen LogP contribution in [0.3, 0.4) is 0 Å². The summed E-state index contributed by atoms with van der Waals surface area (Å²) in [5.74, 6) is 0.981. The normalized spacial score (nSPS) is 11.7. The molecule has 1 N–H and O–H groups in total. The molecule has 0 spiro atoms. The molecule has 4 nitrogen and oxygen atoms in total. The molecule has 2 aromatic rings. The minimum Gasteiger partial charge on any atom is -0.354 e. The molecule has 0 saturated carbocycles. The van der Waals surface area contributed by atoms with E-state index in [2.05, 4.69) is 52.4 Å². The van der Waals surface area contributed by atoms with E-state index in [1.165, 1.54) is 11.1 Å². The van der Waals surface area contributed by atoms with E-state index in [0.29, 0.717) is 18.8 Å². The lowest BCUT2D eigenvalue weighted by Crippen LogP contribution is -2.48. The maximum atomic E-state index is 13.0. The van der Waals surface area contributed by atoms with E-state index in [-0.39, 0.29) is 11.8 Å². The van der Waals surface area contributed by atoms with Gasteiger partial charge in [-0.1, -0.05) is 64.8 Å². The number of carbonyl (C=O) groups excluding carboxylic acids is 2. The lowest BCUT2D eigenvalue weighted by atomic mass is 10.1. The molecule has 0 unspecified atom stereocenters. The Morgan fingerprint density at radius 1 is 1.07 bits per heavy atom. The molecule has 6 heteroatoms. The van der Waals surface area contributed by atoms with Crippen molar-refractivity contribution in [3.05, 3.63) is 69.7 Å². The standard InChI is InChI=1S/C23H29BrN2O2S/c1-4-13-25-23(28)18(3)26(14-19-9-11-21(24)12-10-19)22(27)16-29-15-20-7-5-17(2)6-8-20/h5-12,18H,4,13-16H2,1-3H3,(H,25,28)/t18-/m0/s1. The first-order chi connectivity index (χ1) is 13.9. The largest absolute Gasteiger partial charge is 0.354 e. The van der Waals surface area contributed by atoms with Crippen molar-refractivity contribution in [2.45, 2.75) is 45.5 Å². The second-order valence-electron chi connectivity index (χ2n) is 7.09. The van der Waals surface area contributed by atoms with Gasteiger partial charge < -0.3 is 10.2 Å². The molecular formula is C23H29BrN2O2S. The first kappa shape index (κ1) is 23.5. The summed E-state index contributed by atoms with van der Waals surface area (Å²) in [5, 5.41) is 2.90. The summed E-state index contributed by atoms with van der Waals surface area (Å²) >= 11 is 5.01. The summed E-state index contributed by atoms with van der Waals surface area (Å²) in [6.07, 6.45) is 0.867. The average Bonchev–Trinajstić information content (AvgIpc) is 2.72. The topological polar surface area (TPSA) is 49.4 Å². The molecule has 0 bridgehead atoms. The SMILES string of the molecule is CCCNC(=O)[C@H](C)N(Cc1ccc(Br)cc1)C(=O)CSCc1ccc(C)cc1. The van der Waals surface area contributed by atoms with Crippen LogP contribution in [0.2, 0.25) is 0 Å². The minimum absolute atomic E-state index is 0.0239. The van der Waals surface area contributed by atoms with Crippen molar-refractivity contribution < 1.29 is 9.59 Å². The number of hydrogen-bond donors (Lipinski definition) is 1. The van der Waals surface area contributed by atoms with Crippen LogP contribution in [0.5, 0.6) is 0 Å². The highest BCUT2D eigenvalue weighted by Crippen LogP contribution is 2.17. The van der Waals surface area contributed by atoms with Gasteiger partial charge in [-0.15, -0.1) is 11.8 Å². The van der Waals surface area contributed by atoms with Crippen LogP contribution in [0.1, 0.15) is 37.0 Å². The number of benzene rings is 2. The Bertz CT molecular complexity index is 794. The number of rotatable bonds is 10. The van der Waals surface area contributed by atoms with E-state index in [9.17, 15) is 9.59 Å². The third-order valence-corrected chi connectivity index (χ3v) is 6.11. The zero-order valence-corrected chi connectivity index (χ0v) is 19.7. The van der Waals surface area contributed by atoms with Crippen LogP contribution in [-0.2, 0) is 21.9 Å². The van der Waals surface area contributed by atoms with Crippen molar-refractivity contribution in [1.82, 2.24) is 10.2 Å². The third kappa shape index (κ3) is 7.86. The summed E-state index contributed by atoms with van der Waals surface area (Å²) in [4.78, 5) is 27.2. The summed E-state index contributed by atoms with van der Waals surface area (Å²) in [5.41, 5.74) is 3.42. The number of halogens is 1. The maximum Gasteiger partial charge on any atom is 0.242 e. The third-order valence-electron chi connectivity index (χ3n) is 4.60. The highest BCUT2D eigenvalue weighted by atomic mass is 79.9. The van der Waals surface area contributed by atoms with Gasteiger partial charge in [0, 0.05) is 23.3 Å². The average molecular weight is 477 g/mol. The lowest BCUT2D eigenvalue weighted by molar-refractivity contribution is -0.138. The summed E-state index contributed by atoms with van der Waals surface area (Å²) in [6.45, 7) is 6.90. The Hall–Kier alpha value is -1.79. The monoisotopic (exact) mass is 476 g/mol. The molecule has 2 rings (SSSR count). The molecule has 2 aromatic carbocycles. The molecule has 0 fully saturated rings. The van der Waals surface area contributed by atoms with Crippen molar-refractivity contribution >= 4 is 39.5 Å². The molecule has 156 valence electrons. The fourth-order valence-electron chi connectivity index (χ4n) is 2.79. The van der Waals surface area contributed by atoms with Gasteiger partial charge in [0.05, 0.1) is 5.75 Å². The van der Waals surface area contributed by atoms with Crippen molar-refractivity contribution in [3.8, 4) is 0 Å². The number of aryl methyl sites for hydroxylation is 1. The van der Waals surface area contributed by atoms with Gasteiger partial charge in [0.1, 0.15) is 6.04 Å². The number of hydrogen-bond acceptors (Lipinski definition) is 3. The second-order valence-corrected chi connectivity index (χ2v) is 8.99. The number of thioether (sulfide) groups is 1. The van der Waals surface area contributed by atoms with Gasteiger partial charge in [-0.05, 0) is 43.5 Å². The fraction of sp³-hybridized carbons (Fsp3) is 0.391. The van der Waals surface area contributed by atoms with E-state index >= 15 is 0 Å². The van der Waals surface area contributed by atoms with Crippen molar-refractivity contribution in [3.63, 3.8) is 0 Å². The molecule has 0 aliphatic carbocycles. The number of nitrogens with zero attached hydrogens (tertiary/aromatic N) is 1. The molecule has 0 saturated heterocycles. The number of nitrogens with one attached hydrogen (secondary N) is 1. The first-order valence-corrected chi connectivity index (χ1v) is 11.8. The fourth-order valence-corrected chi connectivity index (χ4v) is 3.92. The van der Waals surface area contributed by atoms with Crippen molar-refractivity contribution in [2.24, 2.45) is 0 Å². The van der Waals surface area contributed by atoms with Crippen LogP contribution >= 0.6 is 27.7 Å². The Labute approximate surface area is 186 Å². The van der Waals surface area contributed by atoms with Crippen LogP contribution in [-0.4, -0.2) is 35.1 Å². The van der Waals surface area contributed by atoms with E-state index in [0.717, 1.165) is 22.2 Å². The summed E-state index contributed by atoms with van der Waals surface area (Å²) in [6, 6.07) is 15.7. The Balaban J connectivity index is 2.03. The van der Waals surface area contributed by atoms with E-state index in [1.807, 2.05) is 31.2 Å². The smallest absolute Gasteiger partial charge is 0.242 e. The van der Waals surface area contributed by atoms with Crippen LogP contribution in [0, 0.1) is 6.92 Å². The molecule has 0 aliphatic rings. The lowest BCUT2D eigenvalue weighted by Gasteiger charge is -2.28. The number of amides is 2. The summed E-state index contributed by atoms with van der Waals surface area (Å²) < 4.78 is 0.988. The molecular weight excluding hydrogens is 448 g/mol. The maximum absolute atomic E-state index is 13.0. The van der Waals surface area contributed by atoms with E-state index in [4.69, 9.17) is 0 Å². The van der Waals surface area contributed by atoms with Crippen LogP contribution in [0.4, 0.5) is 0 Å². The summed E-state index contributed by atoms with van der Waals surface area (Å²) in [7, 11) is 0. The Kier molecular flexibility index (Phi) is 9.74. The molecule has 2 amide bonds. The van der Waals surface area contributed by atoms with E-state index in [1.54, 1.807) is 23.6 Å². The first-order valence-electron chi connectivity index (χ1n) is 9.85. The van der Waals surface area contributed by atoms with Crippen molar-refractivity contribution in [1.29, 1.82) is 0 Å². The Morgan fingerprint density at radius 3 is 2.31 bits per heavy atom. The molecule has 29 heavy (non-hydrogen) atoms. The molecule has 0 aromatic heterocycles. The van der Waals surface area contributed by atoms with Gasteiger partial charge in [0.25, 0.3) is 0 Å². The second kappa shape index (κ2) is 12.0.